The second kappa shape index (κ2) is 6.72. The van der Waals surface area contributed by atoms with E-state index in [9.17, 15) is 19.2 Å². The summed E-state index contributed by atoms with van der Waals surface area (Å²) in [5.74, 6) is -2.51. The highest BCUT2D eigenvalue weighted by atomic mass is 35.5. The second-order valence-electron chi connectivity index (χ2n) is 5.81. The summed E-state index contributed by atoms with van der Waals surface area (Å²) in [5.41, 5.74) is -1.24. The summed E-state index contributed by atoms with van der Waals surface area (Å²) >= 11 is 6.03. The normalized spacial score (nSPS) is 20.1. The summed E-state index contributed by atoms with van der Waals surface area (Å²) < 4.78 is 0. The van der Waals surface area contributed by atoms with Gasteiger partial charge in [-0.15, -0.1) is 0 Å². The second-order valence-corrected chi connectivity index (χ2v) is 6.22. The molecule has 0 radical (unpaired) electrons. The average molecular weight is 371 g/mol. The molecule has 2 aromatic rings. The number of carbonyl (C=O) groups is 4. The van der Waals surface area contributed by atoms with E-state index in [0.717, 1.165) is 0 Å². The topological polar surface area (TPSA) is 83.6 Å². The van der Waals surface area contributed by atoms with Gasteiger partial charge in [-0.05, 0) is 24.1 Å². The maximum Gasteiger partial charge on any atom is 0.338 e. The van der Waals surface area contributed by atoms with Crippen LogP contribution in [-0.2, 0) is 15.0 Å². The molecule has 0 aliphatic carbocycles. The molecular weight excluding hydrogens is 356 g/mol. The lowest BCUT2D eigenvalue weighted by Gasteiger charge is -2.38. The molecule has 1 N–H and O–H groups in total. The third-order valence-electron chi connectivity index (χ3n) is 4.48. The summed E-state index contributed by atoms with van der Waals surface area (Å²) in [6.07, 6.45) is 0.0846. The zero-order valence-corrected chi connectivity index (χ0v) is 14.6. The van der Waals surface area contributed by atoms with Gasteiger partial charge in [0, 0.05) is 0 Å². The molecular formula is C19H15ClN2O4. The first-order valence-corrected chi connectivity index (χ1v) is 8.35. The van der Waals surface area contributed by atoms with Crippen molar-refractivity contribution in [1.29, 1.82) is 0 Å². The molecule has 0 spiro atoms. The van der Waals surface area contributed by atoms with E-state index in [2.05, 4.69) is 5.32 Å². The lowest BCUT2D eigenvalue weighted by Crippen LogP contribution is -2.67. The molecule has 26 heavy (non-hydrogen) atoms. The Morgan fingerprint density at radius 3 is 2.27 bits per heavy atom. The minimum absolute atomic E-state index is 0.00470. The summed E-state index contributed by atoms with van der Waals surface area (Å²) in [6, 6.07) is 13.4. The van der Waals surface area contributed by atoms with Gasteiger partial charge in [-0.3, -0.25) is 19.7 Å². The van der Waals surface area contributed by atoms with Gasteiger partial charge in [0.2, 0.25) is 5.91 Å². The lowest BCUT2D eigenvalue weighted by atomic mass is 9.74. The molecule has 0 unspecified atom stereocenters. The van der Waals surface area contributed by atoms with E-state index in [-0.39, 0.29) is 17.0 Å². The van der Waals surface area contributed by atoms with Crippen LogP contribution in [0.2, 0.25) is 5.02 Å². The van der Waals surface area contributed by atoms with Gasteiger partial charge in [0.1, 0.15) is 0 Å². The van der Waals surface area contributed by atoms with Gasteiger partial charge >= 0.3 is 6.03 Å². The molecule has 132 valence electrons. The monoisotopic (exact) mass is 370 g/mol. The van der Waals surface area contributed by atoms with Crippen LogP contribution in [0.4, 0.5) is 4.79 Å². The van der Waals surface area contributed by atoms with Gasteiger partial charge in [0.05, 0.1) is 10.6 Å². The van der Waals surface area contributed by atoms with Crippen LogP contribution >= 0.6 is 11.6 Å². The van der Waals surface area contributed by atoms with Gasteiger partial charge in [0.15, 0.2) is 5.41 Å². The molecule has 3 rings (SSSR count). The van der Waals surface area contributed by atoms with Crippen molar-refractivity contribution in [2.45, 2.75) is 18.8 Å². The van der Waals surface area contributed by atoms with E-state index < -0.39 is 29.2 Å². The van der Waals surface area contributed by atoms with E-state index in [4.69, 9.17) is 11.6 Å². The van der Waals surface area contributed by atoms with E-state index in [0.29, 0.717) is 10.5 Å². The van der Waals surface area contributed by atoms with Crippen molar-refractivity contribution in [3.8, 4) is 0 Å². The SMILES string of the molecule is CC[C@@]1(c2ccccc2)C(=O)NC(=O)N(C(=O)c2ccccc2Cl)C1=O. The number of hydrogen-bond donors (Lipinski definition) is 1. The summed E-state index contributed by atoms with van der Waals surface area (Å²) in [7, 11) is 0. The first-order valence-electron chi connectivity index (χ1n) is 7.97. The molecule has 0 bridgehead atoms. The van der Waals surface area contributed by atoms with Crippen molar-refractivity contribution >= 4 is 35.4 Å². The molecule has 1 saturated heterocycles. The van der Waals surface area contributed by atoms with Crippen molar-refractivity contribution in [2.75, 3.05) is 0 Å². The minimum atomic E-state index is -1.66. The number of carbonyl (C=O) groups excluding carboxylic acids is 4. The standard InChI is InChI=1S/C19H15ClN2O4/c1-2-19(12-8-4-3-5-9-12)16(24)21-18(26)22(17(19)25)15(23)13-10-6-7-11-14(13)20/h3-11H,2H2,1H3,(H,21,24,26)/t19-/m1/s1. The zero-order chi connectivity index (χ0) is 18.9. The molecule has 0 saturated carbocycles. The molecule has 5 amide bonds. The fourth-order valence-electron chi connectivity index (χ4n) is 3.07. The lowest BCUT2D eigenvalue weighted by molar-refractivity contribution is -0.143. The van der Waals surface area contributed by atoms with Crippen LogP contribution in [0, 0.1) is 0 Å². The molecule has 2 aromatic carbocycles. The number of imide groups is 4. The maximum absolute atomic E-state index is 13.2. The number of halogens is 1. The van der Waals surface area contributed by atoms with Crippen molar-refractivity contribution in [3.05, 3.63) is 70.7 Å². The number of nitrogens with zero attached hydrogens (tertiary/aromatic N) is 1. The Hall–Kier alpha value is -2.99. The van der Waals surface area contributed by atoms with Crippen LogP contribution in [0.15, 0.2) is 54.6 Å². The predicted octanol–water partition coefficient (Wildman–Crippen LogP) is 2.91. The van der Waals surface area contributed by atoms with Gasteiger partial charge in [-0.25, -0.2) is 4.79 Å². The number of benzene rings is 2. The van der Waals surface area contributed by atoms with Gasteiger partial charge < -0.3 is 0 Å². The van der Waals surface area contributed by atoms with Gasteiger partial charge in [-0.2, -0.15) is 4.90 Å². The molecule has 6 nitrogen and oxygen atoms in total. The Kier molecular flexibility index (Phi) is 4.61. The molecule has 1 aliphatic heterocycles. The van der Waals surface area contributed by atoms with Crippen LogP contribution in [0.25, 0.3) is 0 Å². The van der Waals surface area contributed by atoms with Crippen molar-refractivity contribution in [2.24, 2.45) is 0 Å². The van der Waals surface area contributed by atoms with Crippen LogP contribution in [0.1, 0.15) is 29.3 Å². The summed E-state index contributed by atoms with van der Waals surface area (Å²) in [5, 5.41) is 2.24. The highest BCUT2D eigenvalue weighted by Crippen LogP contribution is 2.34. The van der Waals surface area contributed by atoms with Gasteiger partial charge in [0.25, 0.3) is 11.8 Å². The van der Waals surface area contributed by atoms with E-state index in [1.807, 2.05) is 0 Å². The number of nitrogens with one attached hydrogen (secondary N) is 1. The Morgan fingerprint density at radius 2 is 1.65 bits per heavy atom. The molecule has 1 aliphatic rings. The fraction of sp³-hybridized carbons (Fsp3) is 0.158. The van der Waals surface area contributed by atoms with Crippen molar-refractivity contribution in [1.82, 2.24) is 10.2 Å². The van der Waals surface area contributed by atoms with Crippen LogP contribution < -0.4 is 5.32 Å². The fourth-order valence-corrected chi connectivity index (χ4v) is 3.29. The average Bonchev–Trinajstić information content (AvgIpc) is 2.63. The highest BCUT2D eigenvalue weighted by molar-refractivity contribution is 6.36. The Bertz CT molecular complexity index is 913. The van der Waals surface area contributed by atoms with Crippen LogP contribution in [-0.4, -0.2) is 28.7 Å². The third kappa shape index (κ3) is 2.59. The smallest absolute Gasteiger partial charge is 0.276 e. The van der Waals surface area contributed by atoms with E-state index >= 15 is 0 Å². The number of hydrogen-bond acceptors (Lipinski definition) is 4. The van der Waals surface area contributed by atoms with Crippen molar-refractivity contribution in [3.63, 3.8) is 0 Å². The van der Waals surface area contributed by atoms with Crippen molar-refractivity contribution < 1.29 is 19.2 Å². The first-order chi connectivity index (χ1) is 12.4. The number of urea groups is 1. The maximum atomic E-state index is 13.2. The Morgan fingerprint density at radius 1 is 1.04 bits per heavy atom. The number of amides is 5. The largest absolute Gasteiger partial charge is 0.338 e. The molecule has 0 aromatic heterocycles. The molecule has 7 heteroatoms. The quantitative estimate of drug-likeness (QED) is 0.665. The number of rotatable bonds is 3. The third-order valence-corrected chi connectivity index (χ3v) is 4.81. The Balaban J connectivity index is 2.12. The zero-order valence-electron chi connectivity index (χ0n) is 13.9. The molecule has 1 atom stereocenters. The van der Waals surface area contributed by atoms with Crippen LogP contribution in [0.3, 0.4) is 0 Å². The van der Waals surface area contributed by atoms with Gasteiger partial charge in [-0.1, -0.05) is 61.0 Å². The first kappa shape index (κ1) is 17.8. The number of barbiturate groups is 1. The Labute approximate surface area is 154 Å². The highest BCUT2D eigenvalue weighted by Gasteiger charge is 2.55. The molecule has 1 fully saturated rings. The van der Waals surface area contributed by atoms with E-state index in [1.54, 1.807) is 49.4 Å². The summed E-state index contributed by atoms with van der Waals surface area (Å²) in [6.45, 7) is 1.65. The predicted molar refractivity (Wildman–Crippen MR) is 94.6 cm³/mol. The van der Waals surface area contributed by atoms with Crippen LogP contribution in [0.5, 0.6) is 0 Å². The molecule has 1 heterocycles. The van der Waals surface area contributed by atoms with E-state index in [1.165, 1.54) is 12.1 Å². The summed E-state index contributed by atoms with van der Waals surface area (Å²) in [4.78, 5) is 51.4. The minimum Gasteiger partial charge on any atom is -0.276 e.